The third-order valence-corrected chi connectivity index (χ3v) is 4.63. The molecule has 0 saturated heterocycles. The van der Waals surface area contributed by atoms with E-state index in [4.69, 9.17) is 0 Å². The van der Waals surface area contributed by atoms with Crippen LogP contribution < -0.4 is 5.32 Å². The van der Waals surface area contributed by atoms with Crippen molar-refractivity contribution in [3.63, 3.8) is 0 Å². The van der Waals surface area contributed by atoms with Crippen molar-refractivity contribution < 1.29 is 9.50 Å². The van der Waals surface area contributed by atoms with E-state index in [1.54, 1.807) is 6.07 Å². The molecule has 1 aliphatic rings. The van der Waals surface area contributed by atoms with Gasteiger partial charge in [0.15, 0.2) is 0 Å². The lowest BCUT2D eigenvalue weighted by Crippen LogP contribution is -2.41. The van der Waals surface area contributed by atoms with Crippen molar-refractivity contribution in [1.29, 1.82) is 0 Å². The second-order valence-corrected chi connectivity index (χ2v) is 6.05. The van der Waals surface area contributed by atoms with Crippen molar-refractivity contribution in [2.75, 3.05) is 7.05 Å². The Morgan fingerprint density at radius 2 is 2.11 bits per heavy atom. The minimum absolute atomic E-state index is 0.249. The molecule has 18 heavy (non-hydrogen) atoms. The molecule has 1 aromatic carbocycles. The fraction of sp³-hybridized carbons (Fsp3) is 0.571. The van der Waals surface area contributed by atoms with Gasteiger partial charge in [0.1, 0.15) is 5.82 Å². The highest BCUT2D eigenvalue weighted by Crippen LogP contribution is 2.33. The maximum Gasteiger partial charge on any atom is 0.123 e. The third-order valence-electron chi connectivity index (χ3n) is 3.85. The Bertz CT molecular complexity index is 416. The molecule has 0 unspecified atom stereocenters. The fourth-order valence-electron chi connectivity index (χ4n) is 2.65. The highest BCUT2D eigenvalue weighted by atomic mass is 79.9. The molecule has 0 aromatic heterocycles. The Morgan fingerprint density at radius 3 is 2.72 bits per heavy atom. The molecule has 0 spiro atoms. The first-order valence-corrected chi connectivity index (χ1v) is 7.15. The van der Waals surface area contributed by atoms with Gasteiger partial charge in [-0.2, -0.15) is 0 Å². The summed E-state index contributed by atoms with van der Waals surface area (Å²) in [4.78, 5) is 0. The third kappa shape index (κ3) is 3.31. The van der Waals surface area contributed by atoms with Gasteiger partial charge in [-0.1, -0.05) is 15.9 Å². The molecule has 1 aliphatic carbocycles. The normalized spacial score (nSPS) is 28.3. The van der Waals surface area contributed by atoms with E-state index in [1.807, 2.05) is 7.05 Å². The number of benzene rings is 1. The Hall–Kier alpha value is -0.450. The van der Waals surface area contributed by atoms with Crippen molar-refractivity contribution >= 4 is 15.9 Å². The molecule has 2 rings (SSSR count). The van der Waals surface area contributed by atoms with E-state index >= 15 is 0 Å². The van der Waals surface area contributed by atoms with Crippen LogP contribution in [0.2, 0.25) is 0 Å². The highest BCUT2D eigenvalue weighted by molar-refractivity contribution is 9.10. The molecule has 0 heterocycles. The molecule has 0 aliphatic heterocycles. The van der Waals surface area contributed by atoms with Crippen LogP contribution in [0.4, 0.5) is 4.39 Å². The highest BCUT2D eigenvalue weighted by Gasteiger charge is 2.33. The summed E-state index contributed by atoms with van der Waals surface area (Å²) in [5, 5.41) is 13.8. The van der Waals surface area contributed by atoms with Crippen molar-refractivity contribution in [3.8, 4) is 0 Å². The number of nitrogens with one attached hydrogen (secondary N) is 1. The zero-order valence-electron chi connectivity index (χ0n) is 10.5. The molecule has 4 heteroatoms. The molecule has 0 atom stereocenters. The summed E-state index contributed by atoms with van der Waals surface area (Å²) >= 11 is 3.42. The van der Waals surface area contributed by atoms with Gasteiger partial charge in [0, 0.05) is 16.9 Å². The van der Waals surface area contributed by atoms with Gasteiger partial charge in [-0.05, 0) is 56.5 Å². The van der Waals surface area contributed by atoms with E-state index < -0.39 is 5.60 Å². The monoisotopic (exact) mass is 315 g/mol. The van der Waals surface area contributed by atoms with Gasteiger partial charge in [0.25, 0.3) is 0 Å². The maximum absolute atomic E-state index is 13.2. The second-order valence-electron chi connectivity index (χ2n) is 5.20. The average Bonchev–Trinajstić information content (AvgIpc) is 2.35. The van der Waals surface area contributed by atoms with Gasteiger partial charge in [0.05, 0.1) is 5.60 Å². The lowest BCUT2D eigenvalue weighted by molar-refractivity contribution is -0.00259. The predicted molar refractivity (Wildman–Crippen MR) is 74.1 cm³/mol. The summed E-state index contributed by atoms with van der Waals surface area (Å²) in [5.74, 6) is -0.249. The number of hydrogen-bond donors (Lipinski definition) is 2. The topological polar surface area (TPSA) is 32.3 Å². The van der Waals surface area contributed by atoms with Crippen LogP contribution in [0.25, 0.3) is 0 Å². The Morgan fingerprint density at radius 1 is 1.44 bits per heavy atom. The molecular formula is C14H19BrFNO. The van der Waals surface area contributed by atoms with Crippen LogP contribution in [0.5, 0.6) is 0 Å². The molecular weight excluding hydrogens is 297 g/mol. The van der Waals surface area contributed by atoms with Crippen LogP contribution >= 0.6 is 15.9 Å². The summed E-state index contributed by atoms with van der Waals surface area (Å²) in [5.41, 5.74) is 0.157. The standard InChI is InChI=1S/C14H19BrFNO/c1-17-12-4-6-14(18,7-5-12)9-10-8-11(16)2-3-13(10)15/h2-3,8,12,17-18H,4-7,9H2,1H3. The van der Waals surface area contributed by atoms with Gasteiger partial charge in [-0.3, -0.25) is 0 Å². The van der Waals surface area contributed by atoms with Gasteiger partial charge in [0.2, 0.25) is 0 Å². The fourth-order valence-corrected chi connectivity index (χ4v) is 3.04. The minimum atomic E-state index is -0.691. The SMILES string of the molecule is CNC1CCC(O)(Cc2cc(F)ccc2Br)CC1. The molecule has 1 saturated carbocycles. The minimum Gasteiger partial charge on any atom is -0.390 e. The first-order chi connectivity index (χ1) is 8.52. The average molecular weight is 316 g/mol. The summed E-state index contributed by atoms with van der Waals surface area (Å²) in [6.45, 7) is 0. The van der Waals surface area contributed by atoms with Crippen LogP contribution in [-0.4, -0.2) is 23.8 Å². The summed E-state index contributed by atoms with van der Waals surface area (Å²) in [7, 11) is 1.96. The zero-order valence-corrected chi connectivity index (χ0v) is 12.1. The number of halogens is 2. The maximum atomic E-state index is 13.2. The van der Waals surface area contributed by atoms with Crippen molar-refractivity contribution in [1.82, 2.24) is 5.32 Å². The quantitative estimate of drug-likeness (QED) is 0.898. The van der Waals surface area contributed by atoms with Gasteiger partial charge in [-0.15, -0.1) is 0 Å². The smallest absolute Gasteiger partial charge is 0.123 e. The largest absolute Gasteiger partial charge is 0.390 e. The molecule has 2 nitrogen and oxygen atoms in total. The summed E-state index contributed by atoms with van der Waals surface area (Å²) < 4.78 is 14.1. The van der Waals surface area contributed by atoms with E-state index in [0.717, 1.165) is 35.7 Å². The van der Waals surface area contributed by atoms with E-state index in [2.05, 4.69) is 21.2 Å². The molecule has 2 N–H and O–H groups in total. The van der Waals surface area contributed by atoms with Gasteiger partial charge in [-0.25, -0.2) is 4.39 Å². The molecule has 1 fully saturated rings. The first kappa shape index (κ1) is 14.0. The van der Waals surface area contributed by atoms with Crippen molar-refractivity contribution in [3.05, 3.63) is 34.1 Å². The first-order valence-electron chi connectivity index (χ1n) is 6.36. The summed E-state index contributed by atoms with van der Waals surface area (Å²) in [6.07, 6.45) is 3.99. The van der Waals surface area contributed by atoms with Crippen LogP contribution in [0.15, 0.2) is 22.7 Å². The van der Waals surface area contributed by atoms with E-state index in [-0.39, 0.29) is 5.82 Å². The molecule has 0 radical (unpaired) electrons. The van der Waals surface area contributed by atoms with Gasteiger partial charge >= 0.3 is 0 Å². The lowest BCUT2D eigenvalue weighted by atomic mass is 9.78. The molecule has 1 aromatic rings. The van der Waals surface area contributed by atoms with Gasteiger partial charge < -0.3 is 10.4 Å². The van der Waals surface area contributed by atoms with Crippen molar-refractivity contribution in [2.45, 2.75) is 43.7 Å². The molecule has 0 bridgehead atoms. The Kier molecular flexibility index (Phi) is 4.41. The van der Waals surface area contributed by atoms with Crippen molar-refractivity contribution in [2.24, 2.45) is 0 Å². The number of hydrogen-bond acceptors (Lipinski definition) is 2. The molecule has 0 amide bonds. The Labute approximate surface area is 116 Å². The zero-order chi connectivity index (χ0) is 13.2. The van der Waals surface area contributed by atoms with E-state index in [9.17, 15) is 9.50 Å². The van der Waals surface area contributed by atoms with Crippen LogP contribution in [0.3, 0.4) is 0 Å². The van der Waals surface area contributed by atoms with E-state index in [1.165, 1.54) is 12.1 Å². The van der Waals surface area contributed by atoms with Crippen LogP contribution in [-0.2, 0) is 6.42 Å². The Balaban J connectivity index is 2.06. The number of aliphatic hydroxyl groups is 1. The second kappa shape index (κ2) is 5.68. The lowest BCUT2D eigenvalue weighted by Gasteiger charge is -2.36. The van der Waals surface area contributed by atoms with Crippen LogP contribution in [0, 0.1) is 5.82 Å². The summed E-state index contributed by atoms with van der Waals surface area (Å²) in [6, 6.07) is 5.14. The van der Waals surface area contributed by atoms with Crippen LogP contribution in [0.1, 0.15) is 31.2 Å². The van der Waals surface area contributed by atoms with E-state index in [0.29, 0.717) is 12.5 Å². The predicted octanol–water partition coefficient (Wildman–Crippen LogP) is 3.02. The molecule has 100 valence electrons. The number of rotatable bonds is 3.